The zero-order valence-corrected chi connectivity index (χ0v) is 18.3. The highest BCUT2D eigenvalue weighted by molar-refractivity contribution is 8.03. The summed E-state index contributed by atoms with van der Waals surface area (Å²) in [5, 5.41) is 11.6. The summed E-state index contributed by atoms with van der Waals surface area (Å²) in [6.07, 6.45) is 0.912. The fourth-order valence-corrected chi connectivity index (χ4v) is 4.99. The highest BCUT2D eigenvalue weighted by Gasteiger charge is 2.13. The molecule has 0 saturated heterocycles. The number of amides is 2. The molecule has 0 aliphatic heterocycles. The first-order valence-corrected chi connectivity index (χ1v) is 11.5. The molecule has 2 aromatic rings. The monoisotopic (exact) mass is 444 g/mol. The molecule has 10 heteroatoms. The van der Waals surface area contributed by atoms with Crippen molar-refractivity contribution in [2.45, 2.75) is 28.6 Å². The molecule has 6 nitrogen and oxygen atoms in total. The second kappa shape index (κ2) is 11.5. The van der Waals surface area contributed by atoms with E-state index in [-0.39, 0.29) is 17.6 Å². The summed E-state index contributed by atoms with van der Waals surface area (Å²) in [7, 11) is 1.76. The number of halogens is 1. The fourth-order valence-electron chi connectivity index (χ4n) is 1.99. The van der Waals surface area contributed by atoms with Gasteiger partial charge in [0.2, 0.25) is 11.8 Å². The molecular weight excluding hydrogens is 424 g/mol. The van der Waals surface area contributed by atoms with Gasteiger partial charge in [-0.15, -0.1) is 10.2 Å². The standard InChI is InChI=1S/C17H21ClN4O2S3/c1-3-7-19-14(23)10-25-16-20-21-17(27-16)26-11-15(24)22(2)9-12-5-4-6-13(18)8-12/h4-6,8H,3,7,9-11H2,1-2H3,(H,19,23). The van der Waals surface area contributed by atoms with Crippen LogP contribution in [0.15, 0.2) is 32.9 Å². The van der Waals surface area contributed by atoms with Gasteiger partial charge in [-0.3, -0.25) is 9.59 Å². The van der Waals surface area contributed by atoms with Crippen LogP contribution < -0.4 is 5.32 Å². The predicted molar refractivity (Wildman–Crippen MR) is 113 cm³/mol. The summed E-state index contributed by atoms with van der Waals surface area (Å²) in [4.78, 5) is 25.6. The molecule has 1 N–H and O–H groups in total. The lowest BCUT2D eigenvalue weighted by molar-refractivity contribution is -0.127. The van der Waals surface area contributed by atoms with E-state index in [0.717, 1.165) is 20.7 Å². The molecule has 0 aliphatic rings. The van der Waals surface area contributed by atoms with E-state index >= 15 is 0 Å². The van der Waals surface area contributed by atoms with Crippen molar-refractivity contribution in [3.8, 4) is 0 Å². The molecule has 0 atom stereocenters. The van der Waals surface area contributed by atoms with Crippen LogP contribution in [-0.4, -0.2) is 52.0 Å². The minimum atomic E-state index is -0.0101. The van der Waals surface area contributed by atoms with Gasteiger partial charge in [0, 0.05) is 25.2 Å². The Morgan fingerprint density at radius 3 is 2.59 bits per heavy atom. The maximum atomic E-state index is 12.3. The first-order chi connectivity index (χ1) is 13.0. The normalized spacial score (nSPS) is 10.6. The maximum Gasteiger partial charge on any atom is 0.233 e. The van der Waals surface area contributed by atoms with Crippen LogP contribution in [0, 0.1) is 0 Å². The van der Waals surface area contributed by atoms with E-state index in [1.165, 1.54) is 34.9 Å². The lowest BCUT2D eigenvalue weighted by atomic mass is 10.2. The van der Waals surface area contributed by atoms with E-state index < -0.39 is 0 Å². The predicted octanol–water partition coefficient (Wildman–Crippen LogP) is 3.56. The van der Waals surface area contributed by atoms with Crippen LogP contribution in [0.2, 0.25) is 5.02 Å². The van der Waals surface area contributed by atoms with Gasteiger partial charge in [-0.05, 0) is 24.1 Å². The van der Waals surface area contributed by atoms with Gasteiger partial charge >= 0.3 is 0 Å². The van der Waals surface area contributed by atoms with Gasteiger partial charge in [-0.1, -0.05) is 65.5 Å². The molecule has 0 unspecified atom stereocenters. The third-order valence-corrected chi connectivity index (χ3v) is 6.75. The second-order valence-electron chi connectivity index (χ2n) is 5.64. The lowest BCUT2D eigenvalue weighted by Crippen LogP contribution is -2.27. The van der Waals surface area contributed by atoms with Crippen LogP contribution in [-0.2, 0) is 16.1 Å². The Bertz CT molecular complexity index is 772. The van der Waals surface area contributed by atoms with Crippen LogP contribution in [0.4, 0.5) is 0 Å². The van der Waals surface area contributed by atoms with Crippen LogP contribution >= 0.6 is 46.5 Å². The van der Waals surface area contributed by atoms with Crippen molar-refractivity contribution in [2.75, 3.05) is 25.1 Å². The molecule has 1 heterocycles. The van der Waals surface area contributed by atoms with Gasteiger partial charge in [0.15, 0.2) is 8.68 Å². The molecule has 1 aromatic heterocycles. The number of carbonyl (C=O) groups excluding carboxylic acids is 2. The van der Waals surface area contributed by atoms with Gasteiger partial charge in [0.1, 0.15) is 0 Å². The molecule has 0 aliphatic carbocycles. The van der Waals surface area contributed by atoms with Crippen LogP contribution in [0.25, 0.3) is 0 Å². The Balaban J connectivity index is 1.75. The zero-order valence-electron chi connectivity index (χ0n) is 15.1. The number of nitrogens with one attached hydrogen (secondary N) is 1. The Kier molecular flexibility index (Phi) is 9.40. The Hall–Kier alpha value is -1.29. The Morgan fingerprint density at radius 2 is 1.93 bits per heavy atom. The van der Waals surface area contributed by atoms with Gasteiger partial charge in [-0.2, -0.15) is 0 Å². The number of hydrogen-bond acceptors (Lipinski definition) is 7. The number of nitrogens with zero attached hydrogens (tertiary/aromatic N) is 3. The van der Waals surface area contributed by atoms with Gasteiger partial charge in [0.25, 0.3) is 0 Å². The number of rotatable bonds is 10. The van der Waals surface area contributed by atoms with Crippen molar-refractivity contribution >= 4 is 58.3 Å². The molecule has 0 spiro atoms. The summed E-state index contributed by atoms with van der Waals surface area (Å²) in [6.45, 7) is 3.20. The molecule has 146 valence electrons. The Morgan fingerprint density at radius 1 is 1.22 bits per heavy atom. The molecule has 2 rings (SSSR count). The molecule has 27 heavy (non-hydrogen) atoms. The average molecular weight is 445 g/mol. The molecule has 2 amide bonds. The number of thioether (sulfide) groups is 2. The first kappa shape index (κ1) is 22.0. The highest BCUT2D eigenvalue weighted by Crippen LogP contribution is 2.28. The van der Waals surface area contributed by atoms with E-state index in [2.05, 4.69) is 15.5 Å². The minimum Gasteiger partial charge on any atom is -0.355 e. The van der Waals surface area contributed by atoms with E-state index in [4.69, 9.17) is 11.6 Å². The average Bonchev–Trinajstić information content (AvgIpc) is 3.10. The number of aromatic nitrogens is 2. The molecule has 0 radical (unpaired) electrons. The van der Waals surface area contributed by atoms with Gasteiger partial charge in [-0.25, -0.2) is 0 Å². The summed E-state index contributed by atoms with van der Waals surface area (Å²) in [5.41, 5.74) is 0.985. The van der Waals surface area contributed by atoms with Crippen LogP contribution in [0.5, 0.6) is 0 Å². The number of carbonyl (C=O) groups is 2. The first-order valence-electron chi connectivity index (χ1n) is 8.32. The van der Waals surface area contributed by atoms with Crippen molar-refractivity contribution < 1.29 is 9.59 Å². The van der Waals surface area contributed by atoms with E-state index in [1.807, 2.05) is 25.1 Å². The summed E-state index contributed by atoms with van der Waals surface area (Å²) in [5.74, 6) is 0.598. The molecular formula is C17H21ClN4O2S3. The van der Waals surface area contributed by atoms with Crippen molar-refractivity contribution in [3.05, 3.63) is 34.9 Å². The lowest BCUT2D eigenvalue weighted by Gasteiger charge is -2.16. The molecule has 1 aromatic carbocycles. The minimum absolute atomic E-state index is 0.00308. The van der Waals surface area contributed by atoms with Crippen LogP contribution in [0.3, 0.4) is 0 Å². The third kappa shape index (κ3) is 8.08. The topological polar surface area (TPSA) is 75.2 Å². The maximum absolute atomic E-state index is 12.3. The summed E-state index contributed by atoms with van der Waals surface area (Å²) in [6, 6.07) is 7.46. The quantitative estimate of drug-likeness (QED) is 0.564. The summed E-state index contributed by atoms with van der Waals surface area (Å²) < 4.78 is 1.44. The van der Waals surface area contributed by atoms with E-state index in [0.29, 0.717) is 23.9 Å². The smallest absolute Gasteiger partial charge is 0.233 e. The van der Waals surface area contributed by atoms with Crippen molar-refractivity contribution in [2.24, 2.45) is 0 Å². The van der Waals surface area contributed by atoms with E-state index in [1.54, 1.807) is 18.0 Å². The second-order valence-corrected chi connectivity index (χ2v) is 9.50. The third-order valence-electron chi connectivity index (χ3n) is 3.34. The zero-order chi connectivity index (χ0) is 19.6. The highest BCUT2D eigenvalue weighted by atomic mass is 35.5. The van der Waals surface area contributed by atoms with Crippen molar-refractivity contribution in [3.63, 3.8) is 0 Å². The SMILES string of the molecule is CCCNC(=O)CSc1nnc(SCC(=O)N(C)Cc2cccc(Cl)c2)s1. The van der Waals surface area contributed by atoms with Gasteiger partial charge in [0.05, 0.1) is 11.5 Å². The Labute approximate surface area is 176 Å². The number of benzene rings is 1. The van der Waals surface area contributed by atoms with E-state index in [9.17, 15) is 9.59 Å². The summed E-state index contributed by atoms with van der Waals surface area (Å²) >= 11 is 10.1. The number of hydrogen-bond donors (Lipinski definition) is 1. The van der Waals surface area contributed by atoms with Crippen molar-refractivity contribution in [1.82, 2.24) is 20.4 Å². The largest absolute Gasteiger partial charge is 0.355 e. The molecule has 0 saturated carbocycles. The van der Waals surface area contributed by atoms with Gasteiger partial charge < -0.3 is 10.2 Å². The van der Waals surface area contributed by atoms with Crippen molar-refractivity contribution in [1.29, 1.82) is 0 Å². The molecule has 0 bridgehead atoms. The fraction of sp³-hybridized carbons (Fsp3) is 0.412. The van der Waals surface area contributed by atoms with Crippen LogP contribution in [0.1, 0.15) is 18.9 Å². The molecule has 0 fully saturated rings.